The van der Waals surface area contributed by atoms with Crippen LogP contribution in [0.25, 0.3) is 0 Å². The standard InChI is InChI=1S/C12H20O5/c1-4-8(7(3)13)11-6(2)9(14)5-10(17-11)12(15)16/h5-9,11,13-14H,4H2,1-3H3,(H,15,16). The zero-order chi connectivity index (χ0) is 13.2. The van der Waals surface area contributed by atoms with Crippen LogP contribution in [0.1, 0.15) is 27.2 Å². The molecule has 0 bridgehead atoms. The lowest BCUT2D eigenvalue weighted by atomic mass is 9.82. The largest absolute Gasteiger partial charge is 0.483 e. The number of hydrogen-bond donors (Lipinski definition) is 3. The van der Waals surface area contributed by atoms with Gasteiger partial charge in [0.1, 0.15) is 6.10 Å². The average molecular weight is 244 g/mol. The third-order valence-electron chi connectivity index (χ3n) is 3.37. The van der Waals surface area contributed by atoms with Gasteiger partial charge < -0.3 is 20.1 Å². The fourth-order valence-corrected chi connectivity index (χ4v) is 2.24. The van der Waals surface area contributed by atoms with E-state index in [-0.39, 0.29) is 17.6 Å². The first-order valence-electron chi connectivity index (χ1n) is 5.86. The lowest BCUT2D eigenvalue weighted by Crippen LogP contribution is -2.44. The Kier molecular flexibility index (Phi) is 4.54. The van der Waals surface area contributed by atoms with Crippen molar-refractivity contribution in [3.8, 4) is 0 Å². The minimum atomic E-state index is -1.19. The van der Waals surface area contributed by atoms with Crippen LogP contribution in [-0.2, 0) is 9.53 Å². The second kappa shape index (κ2) is 5.51. The lowest BCUT2D eigenvalue weighted by molar-refractivity contribution is -0.143. The van der Waals surface area contributed by atoms with Gasteiger partial charge in [-0.25, -0.2) is 4.79 Å². The third kappa shape index (κ3) is 2.98. The van der Waals surface area contributed by atoms with E-state index in [0.29, 0.717) is 6.42 Å². The summed E-state index contributed by atoms with van der Waals surface area (Å²) in [6.07, 6.45) is -0.0728. The summed E-state index contributed by atoms with van der Waals surface area (Å²) in [4.78, 5) is 10.9. The first-order valence-corrected chi connectivity index (χ1v) is 5.86. The molecule has 0 fully saturated rings. The topological polar surface area (TPSA) is 87.0 Å². The molecule has 5 atom stereocenters. The van der Waals surface area contributed by atoms with Gasteiger partial charge in [-0.1, -0.05) is 13.8 Å². The van der Waals surface area contributed by atoms with Gasteiger partial charge in [0.2, 0.25) is 5.76 Å². The molecular weight excluding hydrogens is 224 g/mol. The van der Waals surface area contributed by atoms with E-state index in [4.69, 9.17) is 9.84 Å². The van der Waals surface area contributed by atoms with Crippen molar-refractivity contribution in [2.75, 3.05) is 0 Å². The first-order chi connectivity index (χ1) is 7.88. The summed E-state index contributed by atoms with van der Waals surface area (Å²) in [6, 6.07) is 0. The average Bonchev–Trinajstić information content (AvgIpc) is 2.24. The molecule has 5 heteroatoms. The monoisotopic (exact) mass is 244 g/mol. The van der Waals surface area contributed by atoms with Gasteiger partial charge in [-0.2, -0.15) is 0 Å². The molecule has 17 heavy (non-hydrogen) atoms. The van der Waals surface area contributed by atoms with Crippen LogP contribution in [0.3, 0.4) is 0 Å². The van der Waals surface area contributed by atoms with Crippen molar-refractivity contribution in [3.63, 3.8) is 0 Å². The van der Waals surface area contributed by atoms with Crippen molar-refractivity contribution in [2.45, 2.75) is 45.5 Å². The predicted molar refractivity (Wildman–Crippen MR) is 61.2 cm³/mol. The number of aliphatic hydroxyl groups is 2. The summed E-state index contributed by atoms with van der Waals surface area (Å²) in [5.74, 6) is -1.86. The Morgan fingerprint density at radius 2 is 2.18 bits per heavy atom. The molecule has 3 N–H and O–H groups in total. The molecule has 5 unspecified atom stereocenters. The maximum Gasteiger partial charge on any atom is 0.370 e. The minimum absolute atomic E-state index is 0.192. The summed E-state index contributed by atoms with van der Waals surface area (Å²) < 4.78 is 5.39. The molecular formula is C12H20O5. The molecule has 1 aliphatic rings. The van der Waals surface area contributed by atoms with Crippen molar-refractivity contribution >= 4 is 5.97 Å². The maximum absolute atomic E-state index is 10.9. The number of carboxylic acids is 1. The van der Waals surface area contributed by atoms with Crippen LogP contribution < -0.4 is 0 Å². The van der Waals surface area contributed by atoms with Gasteiger partial charge in [-0.05, 0) is 19.4 Å². The van der Waals surface area contributed by atoms with Crippen molar-refractivity contribution in [1.82, 2.24) is 0 Å². The SMILES string of the molecule is CCC(C(C)O)C1OC(C(=O)O)=CC(O)C1C. The van der Waals surface area contributed by atoms with Crippen LogP contribution in [-0.4, -0.2) is 39.6 Å². The summed E-state index contributed by atoms with van der Waals surface area (Å²) in [6.45, 7) is 5.34. The number of rotatable bonds is 4. The molecule has 5 nitrogen and oxygen atoms in total. The van der Waals surface area contributed by atoms with E-state index in [1.165, 1.54) is 6.08 Å². The van der Waals surface area contributed by atoms with Crippen molar-refractivity contribution in [2.24, 2.45) is 11.8 Å². The second-order valence-electron chi connectivity index (χ2n) is 4.58. The van der Waals surface area contributed by atoms with Crippen LogP contribution in [0.4, 0.5) is 0 Å². The Hall–Kier alpha value is -1.07. The number of carboxylic acid groups (broad SMARTS) is 1. The zero-order valence-electron chi connectivity index (χ0n) is 10.3. The first kappa shape index (κ1) is 14.0. The van der Waals surface area contributed by atoms with Crippen molar-refractivity contribution in [3.05, 3.63) is 11.8 Å². The molecule has 0 radical (unpaired) electrons. The fraction of sp³-hybridized carbons (Fsp3) is 0.750. The van der Waals surface area contributed by atoms with Gasteiger partial charge in [0.05, 0.1) is 12.2 Å². The molecule has 1 aliphatic heterocycles. The number of ether oxygens (including phenoxy) is 1. The number of aliphatic carboxylic acids is 1. The summed E-state index contributed by atoms with van der Waals surface area (Å²) >= 11 is 0. The molecule has 98 valence electrons. The van der Waals surface area contributed by atoms with Crippen LogP contribution in [0, 0.1) is 11.8 Å². The summed E-state index contributed by atoms with van der Waals surface area (Å²) in [5.41, 5.74) is 0. The van der Waals surface area contributed by atoms with Gasteiger partial charge in [0.25, 0.3) is 0 Å². The Morgan fingerprint density at radius 1 is 1.59 bits per heavy atom. The van der Waals surface area contributed by atoms with Crippen molar-refractivity contribution < 1.29 is 24.9 Å². The van der Waals surface area contributed by atoms with E-state index < -0.39 is 24.3 Å². The molecule has 0 aromatic rings. The number of hydrogen-bond acceptors (Lipinski definition) is 4. The van der Waals surface area contributed by atoms with E-state index in [1.807, 2.05) is 6.92 Å². The minimum Gasteiger partial charge on any atom is -0.483 e. The lowest BCUT2D eigenvalue weighted by Gasteiger charge is -2.37. The molecule has 0 spiro atoms. The second-order valence-corrected chi connectivity index (χ2v) is 4.58. The van der Waals surface area contributed by atoms with Crippen LogP contribution in [0.15, 0.2) is 11.8 Å². The number of carbonyl (C=O) groups is 1. The smallest absolute Gasteiger partial charge is 0.370 e. The molecule has 0 aliphatic carbocycles. The molecule has 1 heterocycles. The van der Waals surface area contributed by atoms with E-state index in [1.54, 1.807) is 13.8 Å². The van der Waals surface area contributed by atoms with E-state index in [0.717, 1.165) is 0 Å². The highest BCUT2D eigenvalue weighted by Gasteiger charge is 2.38. The Labute approximate surface area is 101 Å². The molecule has 0 saturated carbocycles. The van der Waals surface area contributed by atoms with E-state index in [9.17, 15) is 15.0 Å². The molecule has 1 rings (SSSR count). The Balaban J connectivity index is 2.93. The molecule has 0 amide bonds. The summed E-state index contributed by atoms with van der Waals surface area (Å²) in [7, 11) is 0. The number of aliphatic hydroxyl groups excluding tert-OH is 2. The van der Waals surface area contributed by atoms with Gasteiger partial charge in [0.15, 0.2) is 0 Å². The fourth-order valence-electron chi connectivity index (χ4n) is 2.24. The Morgan fingerprint density at radius 3 is 2.59 bits per heavy atom. The van der Waals surface area contributed by atoms with Crippen LogP contribution in [0.5, 0.6) is 0 Å². The zero-order valence-corrected chi connectivity index (χ0v) is 10.3. The van der Waals surface area contributed by atoms with Gasteiger partial charge in [0, 0.05) is 11.8 Å². The predicted octanol–water partition coefficient (Wildman–Crippen LogP) is 0.758. The van der Waals surface area contributed by atoms with Crippen LogP contribution in [0.2, 0.25) is 0 Å². The van der Waals surface area contributed by atoms with E-state index >= 15 is 0 Å². The van der Waals surface area contributed by atoms with Gasteiger partial charge in [-0.15, -0.1) is 0 Å². The highest BCUT2D eigenvalue weighted by atomic mass is 16.5. The normalized spacial score (nSPS) is 32.3. The highest BCUT2D eigenvalue weighted by molar-refractivity contribution is 5.84. The Bertz CT molecular complexity index is 310. The highest BCUT2D eigenvalue weighted by Crippen LogP contribution is 2.31. The molecule has 0 aromatic heterocycles. The maximum atomic E-state index is 10.9. The quantitative estimate of drug-likeness (QED) is 0.679. The van der Waals surface area contributed by atoms with Gasteiger partial charge >= 0.3 is 5.97 Å². The van der Waals surface area contributed by atoms with Crippen LogP contribution >= 0.6 is 0 Å². The van der Waals surface area contributed by atoms with E-state index in [2.05, 4.69) is 0 Å². The third-order valence-corrected chi connectivity index (χ3v) is 3.37. The summed E-state index contributed by atoms with van der Waals surface area (Å²) in [5, 5.41) is 28.3. The molecule has 0 aromatic carbocycles. The van der Waals surface area contributed by atoms with Gasteiger partial charge in [-0.3, -0.25) is 0 Å². The van der Waals surface area contributed by atoms with Crippen molar-refractivity contribution in [1.29, 1.82) is 0 Å². The molecule has 0 saturated heterocycles.